The van der Waals surface area contributed by atoms with Crippen LogP contribution >= 0.6 is 0 Å². The highest BCUT2D eigenvalue weighted by Crippen LogP contribution is 2.22. The molecule has 4 nitrogen and oxygen atoms in total. The molecule has 94 valence electrons. The number of aryl methyl sites for hydroxylation is 1. The van der Waals surface area contributed by atoms with Crippen LogP contribution in [0.3, 0.4) is 0 Å². The zero-order valence-corrected chi connectivity index (χ0v) is 10.9. The summed E-state index contributed by atoms with van der Waals surface area (Å²) in [5.41, 5.74) is 7.70. The summed E-state index contributed by atoms with van der Waals surface area (Å²) < 4.78 is 5.44. The maximum absolute atomic E-state index is 11.7. The number of nitrogens with two attached hydrogens (primary N) is 1. The first kappa shape index (κ1) is 13.5. The fraction of sp³-hybridized carbons (Fsp3) is 0.462. The monoisotopic (exact) mass is 236 g/mol. The van der Waals surface area contributed by atoms with Crippen LogP contribution in [0.25, 0.3) is 0 Å². The molecule has 1 aromatic carbocycles. The normalized spacial score (nSPS) is 12.1. The zero-order chi connectivity index (χ0) is 13.0. The summed E-state index contributed by atoms with van der Waals surface area (Å²) in [6.07, 6.45) is 0. The minimum atomic E-state index is -0.612. The zero-order valence-electron chi connectivity index (χ0n) is 10.9. The number of nitrogens with zero attached hydrogens (tertiary/aromatic N) is 1. The number of hydrogen-bond donors (Lipinski definition) is 1. The van der Waals surface area contributed by atoms with Gasteiger partial charge in [-0.25, -0.2) is 0 Å². The van der Waals surface area contributed by atoms with E-state index in [4.69, 9.17) is 10.5 Å². The van der Waals surface area contributed by atoms with Crippen LogP contribution in [-0.2, 0) is 4.79 Å². The van der Waals surface area contributed by atoms with Crippen LogP contribution in [0.5, 0.6) is 5.75 Å². The first-order valence-electron chi connectivity index (χ1n) is 5.67. The van der Waals surface area contributed by atoms with Gasteiger partial charge in [0.2, 0.25) is 5.91 Å². The molecular weight excluding hydrogens is 216 g/mol. The molecule has 2 N–H and O–H groups in total. The van der Waals surface area contributed by atoms with Crippen LogP contribution in [0.2, 0.25) is 0 Å². The van der Waals surface area contributed by atoms with Gasteiger partial charge in [-0.05, 0) is 31.0 Å². The van der Waals surface area contributed by atoms with Gasteiger partial charge >= 0.3 is 0 Å². The summed E-state index contributed by atoms with van der Waals surface area (Å²) in [5, 5.41) is 0. The molecule has 1 unspecified atom stereocenters. The van der Waals surface area contributed by atoms with E-state index in [2.05, 4.69) is 0 Å². The van der Waals surface area contributed by atoms with E-state index in [9.17, 15) is 4.79 Å². The van der Waals surface area contributed by atoms with Crippen LogP contribution < -0.4 is 10.5 Å². The average molecular weight is 236 g/mol. The fourth-order valence-corrected chi connectivity index (χ4v) is 1.60. The molecule has 0 aliphatic heterocycles. The molecule has 1 atom stereocenters. The molecule has 0 heterocycles. The molecule has 1 rings (SSSR count). The molecule has 17 heavy (non-hydrogen) atoms. The molecule has 4 heteroatoms. The third-order valence-electron chi connectivity index (χ3n) is 2.56. The first-order chi connectivity index (χ1) is 7.97. The topological polar surface area (TPSA) is 55.6 Å². The summed E-state index contributed by atoms with van der Waals surface area (Å²) in [5.74, 6) is 0.731. The fourth-order valence-electron chi connectivity index (χ4n) is 1.60. The number of ether oxygens (including phenoxy) is 1. The van der Waals surface area contributed by atoms with Crippen molar-refractivity contribution in [1.82, 2.24) is 4.90 Å². The molecule has 0 bridgehead atoms. The number of carbonyl (C=O) groups excluding carboxylic acids is 1. The summed E-state index contributed by atoms with van der Waals surface area (Å²) in [6.45, 7) is 4.51. The van der Waals surface area contributed by atoms with E-state index >= 15 is 0 Å². The summed E-state index contributed by atoms with van der Waals surface area (Å²) in [4.78, 5) is 13.2. The van der Waals surface area contributed by atoms with Gasteiger partial charge in [-0.3, -0.25) is 4.79 Å². The van der Waals surface area contributed by atoms with E-state index in [-0.39, 0.29) is 5.91 Å². The lowest BCUT2D eigenvalue weighted by Crippen LogP contribution is -2.33. The Morgan fingerprint density at radius 1 is 1.47 bits per heavy atom. The highest BCUT2D eigenvalue weighted by molar-refractivity contribution is 5.82. The van der Waals surface area contributed by atoms with Crippen LogP contribution in [0.1, 0.15) is 24.1 Å². The summed E-state index contributed by atoms with van der Waals surface area (Å²) in [7, 11) is 3.40. The maximum Gasteiger partial charge on any atom is 0.243 e. The molecule has 0 aliphatic carbocycles. The lowest BCUT2D eigenvalue weighted by atomic mass is 10.0. The van der Waals surface area contributed by atoms with Crippen molar-refractivity contribution in [3.63, 3.8) is 0 Å². The molecule has 0 saturated heterocycles. The minimum Gasteiger partial charge on any atom is -0.494 e. The Bertz CT molecular complexity index is 402. The number of carbonyl (C=O) groups is 1. The standard InChI is InChI=1S/C13H20N2O2/c1-5-17-11-7-6-10(8-9(11)2)12(14)13(16)15(3)4/h6-8,12H,5,14H2,1-4H3. The lowest BCUT2D eigenvalue weighted by Gasteiger charge is -2.18. The van der Waals surface area contributed by atoms with Gasteiger partial charge in [0.25, 0.3) is 0 Å². The molecule has 0 aromatic heterocycles. The van der Waals surface area contributed by atoms with Gasteiger partial charge in [0, 0.05) is 14.1 Å². The Morgan fingerprint density at radius 3 is 2.59 bits per heavy atom. The predicted molar refractivity (Wildman–Crippen MR) is 68.0 cm³/mol. The summed E-state index contributed by atoms with van der Waals surface area (Å²) >= 11 is 0. The van der Waals surface area contributed by atoms with Gasteiger partial charge in [-0.1, -0.05) is 12.1 Å². The van der Waals surface area contributed by atoms with Crippen molar-refractivity contribution in [3.05, 3.63) is 29.3 Å². The molecular formula is C13H20N2O2. The van der Waals surface area contributed by atoms with Crippen LogP contribution in [-0.4, -0.2) is 31.5 Å². The van der Waals surface area contributed by atoms with Crippen molar-refractivity contribution < 1.29 is 9.53 Å². The first-order valence-corrected chi connectivity index (χ1v) is 5.67. The largest absolute Gasteiger partial charge is 0.494 e. The second-order valence-electron chi connectivity index (χ2n) is 4.17. The minimum absolute atomic E-state index is 0.103. The van der Waals surface area contributed by atoms with E-state index in [1.807, 2.05) is 32.0 Å². The molecule has 0 spiro atoms. The van der Waals surface area contributed by atoms with E-state index in [0.717, 1.165) is 16.9 Å². The van der Waals surface area contributed by atoms with E-state index in [1.165, 1.54) is 4.90 Å². The number of likely N-dealkylation sites (N-methyl/N-ethyl adjacent to an activating group) is 1. The number of benzene rings is 1. The average Bonchev–Trinajstić information content (AvgIpc) is 2.30. The van der Waals surface area contributed by atoms with Gasteiger partial charge in [-0.2, -0.15) is 0 Å². The Kier molecular flexibility index (Phi) is 4.52. The highest BCUT2D eigenvalue weighted by Gasteiger charge is 2.18. The molecule has 0 saturated carbocycles. The molecule has 0 radical (unpaired) electrons. The third kappa shape index (κ3) is 3.20. The predicted octanol–water partition coefficient (Wildman–Crippen LogP) is 1.48. The Labute approximate surface area is 102 Å². The van der Waals surface area contributed by atoms with Crippen LogP contribution in [0, 0.1) is 6.92 Å². The van der Waals surface area contributed by atoms with Crippen molar-refractivity contribution in [2.24, 2.45) is 5.73 Å². The van der Waals surface area contributed by atoms with Gasteiger partial charge in [-0.15, -0.1) is 0 Å². The Balaban J connectivity index is 2.93. The van der Waals surface area contributed by atoms with Crippen molar-refractivity contribution in [2.75, 3.05) is 20.7 Å². The third-order valence-corrected chi connectivity index (χ3v) is 2.56. The van der Waals surface area contributed by atoms with E-state index < -0.39 is 6.04 Å². The van der Waals surface area contributed by atoms with Gasteiger partial charge in [0.1, 0.15) is 11.8 Å². The van der Waals surface area contributed by atoms with Crippen LogP contribution in [0.15, 0.2) is 18.2 Å². The van der Waals surface area contributed by atoms with Gasteiger partial charge < -0.3 is 15.4 Å². The van der Waals surface area contributed by atoms with Crippen molar-refractivity contribution in [2.45, 2.75) is 19.9 Å². The molecule has 0 aliphatic rings. The smallest absolute Gasteiger partial charge is 0.243 e. The van der Waals surface area contributed by atoms with Gasteiger partial charge in [0.15, 0.2) is 0 Å². The van der Waals surface area contributed by atoms with Crippen LogP contribution in [0.4, 0.5) is 0 Å². The maximum atomic E-state index is 11.7. The van der Waals surface area contributed by atoms with Crippen molar-refractivity contribution in [1.29, 1.82) is 0 Å². The van der Waals surface area contributed by atoms with E-state index in [0.29, 0.717) is 6.61 Å². The molecule has 0 fully saturated rings. The van der Waals surface area contributed by atoms with Gasteiger partial charge in [0.05, 0.1) is 6.61 Å². The number of amides is 1. The second-order valence-corrected chi connectivity index (χ2v) is 4.17. The number of hydrogen-bond acceptors (Lipinski definition) is 3. The van der Waals surface area contributed by atoms with Crippen molar-refractivity contribution >= 4 is 5.91 Å². The second kappa shape index (κ2) is 5.68. The SMILES string of the molecule is CCOc1ccc(C(N)C(=O)N(C)C)cc1C. The lowest BCUT2D eigenvalue weighted by molar-refractivity contribution is -0.130. The van der Waals surface area contributed by atoms with E-state index in [1.54, 1.807) is 14.1 Å². The highest BCUT2D eigenvalue weighted by atomic mass is 16.5. The summed E-state index contributed by atoms with van der Waals surface area (Å²) in [6, 6.07) is 4.98. The Hall–Kier alpha value is -1.55. The molecule has 1 aromatic rings. The van der Waals surface area contributed by atoms with Crippen molar-refractivity contribution in [3.8, 4) is 5.75 Å². The Morgan fingerprint density at radius 2 is 2.12 bits per heavy atom. The quantitative estimate of drug-likeness (QED) is 0.861. The number of rotatable bonds is 4. The molecule has 1 amide bonds.